The predicted molar refractivity (Wildman–Crippen MR) is 76.7 cm³/mol. The summed E-state index contributed by atoms with van der Waals surface area (Å²) in [6, 6.07) is 0. The third kappa shape index (κ3) is 3.40. The molecule has 1 heterocycles. The highest BCUT2D eigenvalue weighted by Gasteiger charge is 2.50. The molecule has 1 aliphatic carbocycles. The highest BCUT2D eigenvalue weighted by atomic mass is 19.1. The second-order valence-electron chi connectivity index (χ2n) is 7.26. The molecule has 0 spiro atoms. The number of rotatable bonds is 2. The largest absolute Gasteiger partial charge is 0.486 e. The van der Waals surface area contributed by atoms with Crippen LogP contribution in [0, 0.1) is 5.92 Å². The van der Waals surface area contributed by atoms with E-state index in [2.05, 4.69) is 33.8 Å². The van der Waals surface area contributed by atoms with Crippen molar-refractivity contribution in [2.45, 2.75) is 77.2 Å². The number of hydrogen-bond donors (Lipinski definition) is 0. The van der Waals surface area contributed by atoms with Crippen LogP contribution in [0.2, 0.25) is 0 Å². The zero-order chi connectivity index (χ0) is 14.3. The van der Waals surface area contributed by atoms with E-state index in [-0.39, 0.29) is 18.3 Å². The zero-order valence-corrected chi connectivity index (χ0v) is 12.8. The van der Waals surface area contributed by atoms with Gasteiger partial charge in [-0.25, -0.2) is 4.39 Å². The summed E-state index contributed by atoms with van der Waals surface area (Å²) < 4.78 is 25.5. The van der Waals surface area contributed by atoms with Gasteiger partial charge >= 0.3 is 7.12 Å². The molecule has 1 aliphatic heterocycles. The van der Waals surface area contributed by atoms with E-state index in [0.717, 1.165) is 12.8 Å². The molecule has 2 nitrogen and oxygen atoms in total. The molecule has 1 saturated carbocycles. The van der Waals surface area contributed by atoms with Crippen LogP contribution in [-0.4, -0.2) is 24.0 Å². The smallest absolute Gasteiger partial charge is 0.400 e. The Morgan fingerprint density at radius 1 is 1.00 bits per heavy atom. The number of allylic oxidation sites excluding steroid dienone is 1. The molecule has 0 unspecified atom stereocenters. The summed E-state index contributed by atoms with van der Waals surface area (Å²) in [5.74, 6) is 2.46. The molecule has 0 N–H and O–H groups in total. The fourth-order valence-corrected chi connectivity index (χ4v) is 2.65. The summed E-state index contributed by atoms with van der Waals surface area (Å²) in [6.45, 7) is 9.92. The second kappa shape index (κ2) is 4.89. The first-order valence-electron chi connectivity index (χ1n) is 7.34. The van der Waals surface area contributed by atoms with Crippen molar-refractivity contribution in [1.29, 1.82) is 0 Å². The Kier molecular flexibility index (Phi) is 3.87. The van der Waals surface area contributed by atoms with E-state index < -0.39 is 5.67 Å². The molecule has 19 heavy (non-hydrogen) atoms. The average molecular weight is 268 g/mol. The van der Waals surface area contributed by atoms with Gasteiger partial charge in [0.2, 0.25) is 0 Å². The fraction of sp³-hybridized carbons (Fsp3) is 0.867. The monoisotopic (exact) mass is 268 g/mol. The van der Waals surface area contributed by atoms with Crippen molar-refractivity contribution in [3.05, 3.63) is 12.1 Å². The molecule has 0 aromatic carbocycles. The molecule has 1 saturated heterocycles. The van der Waals surface area contributed by atoms with Gasteiger partial charge in [-0.15, -0.1) is 0 Å². The minimum Gasteiger partial charge on any atom is -0.400 e. The second-order valence-corrected chi connectivity index (χ2v) is 7.26. The first-order valence-corrected chi connectivity index (χ1v) is 7.34. The van der Waals surface area contributed by atoms with Crippen LogP contribution in [-0.2, 0) is 9.31 Å². The van der Waals surface area contributed by atoms with Crippen molar-refractivity contribution in [2.75, 3.05) is 0 Å². The summed E-state index contributed by atoms with van der Waals surface area (Å²) in [5.41, 5.74) is -1.53. The summed E-state index contributed by atoms with van der Waals surface area (Å²) in [7, 11) is -0.274. The van der Waals surface area contributed by atoms with E-state index in [1.54, 1.807) is 6.92 Å². The molecule has 0 aromatic rings. The van der Waals surface area contributed by atoms with Crippen LogP contribution in [0.25, 0.3) is 0 Å². The van der Waals surface area contributed by atoms with Crippen molar-refractivity contribution in [3.8, 4) is 0 Å². The lowest BCUT2D eigenvalue weighted by atomic mass is 9.78. The Labute approximate surface area is 116 Å². The molecule has 0 bridgehead atoms. The molecule has 2 rings (SSSR count). The third-order valence-corrected chi connectivity index (χ3v) is 4.88. The SMILES string of the molecule is CC1(F)CCC(/C=C/B2OC(C)(C)C(C)(C)O2)CC1. The quantitative estimate of drug-likeness (QED) is 0.702. The maximum absolute atomic E-state index is 13.7. The van der Waals surface area contributed by atoms with Gasteiger partial charge in [0, 0.05) is 0 Å². The van der Waals surface area contributed by atoms with Gasteiger partial charge in [0.05, 0.1) is 11.2 Å². The molecular weight excluding hydrogens is 242 g/mol. The van der Waals surface area contributed by atoms with Gasteiger partial charge in [0.1, 0.15) is 5.67 Å². The number of halogens is 1. The van der Waals surface area contributed by atoms with E-state index in [4.69, 9.17) is 9.31 Å². The molecular formula is C15H26BFO2. The average Bonchev–Trinajstić information content (AvgIpc) is 2.46. The predicted octanol–water partition coefficient (Wildman–Crippen LogP) is 4.09. The summed E-state index contributed by atoms with van der Waals surface area (Å²) >= 11 is 0. The van der Waals surface area contributed by atoms with Gasteiger partial charge in [-0.3, -0.25) is 0 Å². The Morgan fingerprint density at radius 3 is 1.95 bits per heavy atom. The standard InChI is InChI=1S/C15H26BFO2/c1-13(2)14(3,4)19-16(18-13)11-8-12-6-9-15(5,17)10-7-12/h8,11-12H,6-7,9-10H2,1-5H3/b11-8+. The van der Waals surface area contributed by atoms with Crippen molar-refractivity contribution in [1.82, 2.24) is 0 Å². The van der Waals surface area contributed by atoms with E-state index in [1.807, 2.05) is 5.98 Å². The Hall–Kier alpha value is -0.345. The van der Waals surface area contributed by atoms with Gasteiger partial charge in [-0.2, -0.15) is 0 Å². The van der Waals surface area contributed by atoms with Gasteiger partial charge in [-0.05, 0) is 66.2 Å². The Morgan fingerprint density at radius 2 is 1.47 bits per heavy atom. The summed E-state index contributed by atoms with van der Waals surface area (Å²) in [4.78, 5) is 0. The fourth-order valence-electron chi connectivity index (χ4n) is 2.65. The molecule has 0 radical (unpaired) electrons. The third-order valence-electron chi connectivity index (χ3n) is 4.88. The van der Waals surface area contributed by atoms with Crippen LogP contribution < -0.4 is 0 Å². The van der Waals surface area contributed by atoms with Crippen LogP contribution in [0.15, 0.2) is 12.1 Å². The lowest BCUT2D eigenvalue weighted by Gasteiger charge is -2.32. The normalized spacial score (nSPS) is 38.0. The van der Waals surface area contributed by atoms with Crippen LogP contribution >= 0.6 is 0 Å². The van der Waals surface area contributed by atoms with Gasteiger partial charge in [0.25, 0.3) is 0 Å². The van der Waals surface area contributed by atoms with Gasteiger partial charge in [0.15, 0.2) is 0 Å². The molecule has 108 valence electrons. The van der Waals surface area contributed by atoms with Gasteiger partial charge in [-0.1, -0.05) is 12.1 Å². The molecule has 2 aliphatic rings. The molecule has 0 amide bonds. The van der Waals surface area contributed by atoms with Gasteiger partial charge < -0.3 is 9.31 Å². The molecule has 2 fully saturated rings. The van der Waals surface area contributed by atoms with Crippen LogP contribution in [0.4, 0.5) is 4.39 Å². The minimum atomic E-state index is -0.964. The van der Waals surface area contributed by atoms with Crippen molar-refractivity contribution in [2.24, 2.45) is 5.92 Å². The highest BCUT2D eigenvalue weighted by molar-refractivity contribution is 6.51. The van der Waals surface area contributed by atoms with E-state index in [9.17, 15) is 4.39 Å². The first-order chi connectivity index (χ1) is 8.61. The van der Waals surface area contributed by atoms with Crippen molar-refractivity contribution < 1.29 is 13.7 Å². The van der Waals surface area contributed by atoms with E-state index in [1.165, 1.54) is 0 Å². The summed E-state index contributed by atoms with van der Waals surface area (Å²) in [6.07, 6.45) is 5.31. The van der Waals surface area contributed by atoms with Crippen LogP contribution in [0.1, 0.15) is 60.3 Å². The molecule has 0 atom stereocenters. The maximum atomic E-state index is 13.7. The Bertz CT molecular complexity index is 337. The lowest BCUT2D eigenvalue weighted by Crippen LogP contribution is -2.41. The summed E-state index contributed by atoms with van der Waals surface area (Å²) in [5, 5.41) is 0. The van der Waals surface area contributed by atoms with Crippen molar-refractivity contribution >= 4 is 7.12 Å². The van der Waals surface area contributed by atoms with Crippen LogP contribution in [0.5, 0.6) is 0 Å². The topological polar surface area (TPSA) is 18.5 Å². The first kappa shape index (κ1) is 15.1. The molecule has 4 heteroatoms. The minimum absolute atomic E-state index is 0.274. The Balaban J connectivity index is 1.88. The van der Waals surface area contributed by atoms with E-state index >= 15 is 0 Å². The van der Waals surface area contributed by atoms with E-state index in [0.29, 0.717) is 18.8 Å². The van der Waals surface area contributed by atoms with Crippen molar-refractivity contribution in [3.63, 3.8) is 0 Å². The number of hydrogen-bond acceptors (Lipinski definition) is 2. The highest BCUT2D eigenvalue weighted by Crippen LogP contribution is 2.38. The van der Waals surface area contributed by atoms with Crippen LogP contribution in [0.3, 0.4) is 0 Å². The molecule has 0 aromatic heterocycles. The zero-order valence-electron chi connectivity index (χ0n) is 12.8. The number of alkyl halides is 1. The maximum Gasteiger partial charge on any atom is 0.486 e. The lowest BCUT2D eigenvalue weighted by molar-refractivity contribution is 0.00578.